The maximum absolute atomic E-state index is 13.2. The van der Waals surface area contributed by atoms with E-state index in [1.54, 1.807) is 13.8 Å². The van der Waals surface area contributed by atoms with Crippen molar-refractivity contribution in [2.45, 2.75) is 45.1 Å². The quantitative estimate of drug-likeness (QED) is 0.693. The van der Waals surface area contributed by atoms with Crippen LogP contribution in [0.25, 0.3) is 11.1 Å². The third kappa shape index (κ3) is 4.08. The van der Waals surface area contributed by atoms with Crippen molar-refractivity contribution in [3.63, 3.8) is 0 Å². The monoisotopic (exact) mass is 450 g/mol. The van der Waals surface area contributed by atoms with Crippen molar-refractivity contribution in [3.8, 4) is 11.1 Å². The molecular formula is C26H30N2O5. The van der Waals surface area contributed by atoms with Crippen LogP contribution >= 0.6 is 0 Å². The fourth-order valence-electron chi connectivity index (χ4n) is 4.81. The highest BCUT2D eigenvalue weighted by atomic mass is 16.5. The molecule has 0 bridgehead atoms. The van der Waals surface area contributed by atoms with Crippen molar-refractivity contribution in [1.29, 1.82) is 0 Å². The minimum Gasteiger partial charge on any atom is -0.481 e. The molecule has 0 aromatic heterocycles. The smallest absolute Gasteiger partial charge is 0.408 e. The molecule has 2 atom stereocenters. The number of alkyl carbamates (subject to hydrolysis) is 1. The van der Waals surface area contributed by atoms with Gasteiger partial charge in [0.15, 0.2) is 0 Å². The molecule has 0 radical (unpaired) electrons. The molecule has 1 aliphatic carbocycles. The molecule has 1 heterocycles. The molecular weight excluding hydrogens is 420 g/mol. The van der Waals surface area contributed by atoms with Crippen LogP contribution in [0.15, 0.2) is 48.5 Å². The van der Waals surface area contributed by atoms with Crippen LogP contribution in [0.4, 0.5) is 4.79 Å². The molecule has 2 aromatic rings. The fraction of sp³-hybridized carbons (Fsp3) is 0.423. The van der Waals surface area contributed by atoms with Crippen LogP contribution < -0.4 is 5.32 Å². The topological polar surface area (TPSA) is 95.9 Å². The number of hydrogen-bond donors (Lipinski definition) is 2. The molecule has 0 saturated carbocycles. The van der Waals surface area contributed by atoms with E-state index in [4.69, 9.17) is 4.74 Å². The number of amides is 2. The lowest BCUT2D eigenvalue weighted by Gasteiger charge is -2.33. The Kier molecular flexibility index (Phi) is 5.91. The number of benzene rings is 2. The predicted molar refractivity (Wildman–Crippen MR) is 124 cm³/mol. The normalized spacial score (nSPS) is 21.1. The Balaban J connectivity index is 1.43. The SMILES string of the molecule is CCC(C)(NC(=O)OCC1c2ccccc2-c2ccccc21)C(=O)N1CCC(C)(C(=O)O)C1. The van der Waals surface area contributed by atoms with Gasteiger partial charge in [0.2, 0.25) is 5.91 Å². The summed E-state index contributed by atoms with van der Waals surface area (Å²) in [6, 6.07) is 16.2. The van der Waals surface area contributed by atoms with E-state index < -0.39 is 23.0 Å². The maximum atomic E-state index is 13.2. The average Bonchev–Trinajstić information content (AvgIpc) is 3.36. The number of carbonyl (C=O) groups excluding carboxylic acids is 2. The standard InChI is InChI=1S/C26H30N2O5/c1-4-26(3,22(29)28-14-13-25(2,16-28)23(30)31)27-24(32)33-15-21-19-11-7-5-9-17(19)18-10-6-8-12-20(18)21/h5-12,21H,4,13-16H2,1-3H3,(H,27,32)(H,30,31). The summed E-state index contributed by atoms with van der Waals surface area (Å²) in [7, 11) is 0. The van der Waals surface area contributed by atoms with E-state index in [1.165, 1.54) is 4.90 Å². The highest BCUT2D eigenvalue weighted by molar-refractivity contribution is 5.90. The fourth-order valence-corrected chi connectivity index (χ4v) is 4.81. The van der Waals surface area contributed by atoms with Gasteiger partial charge < -0.3 is 20.1 Å². The first-order valence-electron chi connectivity index (χ1n) is 11.3. The lowest BCUT2D eigenvalue weighted by Crippen LogP contribution is -2.57. The minimum atomic E-state index is -1.17. The van der Waals surface area contributed by atoms with E-state index in [1.807, 2.05) is 43.3 Å². The van der Waals surface area contributed by atoms with Gasteiger partial charge in [0.1, 0.15) is 12.1 Å². The predicted octanol–water partition coefficient (Wildman–Crippen LogP) is 4.02. The van der Waals surface area contributed by atoms with Crippen molar-refractivity contribution < 1.29 is 24.2 Å². The van der Waals surface area contributed by atoms with Gasteiger partial charge in [-0.3, -0.25) is 9.59 Å². The molecule has 1 aliphatic heterocycles. The zero-order chi connectivity index (χ0) is 23.8. The number of carbonyl (C=O) groups is 3. The molecule has 2 aliphatic rings. The first-order valence-corrected chi connectivity index (χ1v) is 11.3. The van der Waals surface area contributed by atoms with E-state index in [-0.39, 0.29) is 25.0 Å². The number of nitrogens with one attached hydrogen (secondary N) is 1. The van der Waals surface area contributed by atoms with Crippen LogP contribution in [0.1, 0.15) is 50.7 Å². The third-order valence-corrected chi connectivity index (χ3v) is 7.18. The van der Waals surface area contributed by atoms with Gasteiger partial charge in [-0.25, -0.2) is 4.79 Å². The van der Waals surface area contributed by atoms with Gasteiger partial charge in [-0.15, -0.1) is 0 Å². The van der Waals surface area contributed by atoms with E-state index in [2.05, 4.69) is 17.4 Å². The Labute approximate surface area is 193 Å². The molecule has 4 rings (SSSR count). The van der Waals surface area contributed by atoms with Crippen LogP contribution in [0.2, 0.25) is 0 Å². The van der Waals surface area contributed by atoms with E-state index in [0.717, 1.165) is 22.3 Å². The molecule has 7 nitrogen and oxygen atoms in total. The Hall–Kier alpha value is -3.35. The van der Waals surface area contributed by atoms with Gasteiger partial charge in [-0.05, 0) is 48.9 Å². The number of ether oxygens (including phenoxy) is 1. The molecule has 2 unspecified atom stereocenters. The van der Waals surface area contributed by atoms with Crippen LogP contribution in [0, 0.1) is 5.41 Å². The number of likely N-dealkylation sites (tertiary alicyclic amines) is 1. The highest BCUT2D eigenvalue weighted by Gasteiger charge is 2.46. The largest absolute Gasteiger partial charge is 0.481 e. The molecule has 174 valence electrons. The molecule has 2 N–H and O–H groups in total. The van der Waals surface area contributed by atoms with Crippen LogP contribution in [0.3, 0.4) is 0 Å². The molecule has 2 aromatic carbocycles. The second-order valence-corrected chi connectivity index (χ2v) is 9.48. The number of nitrogens with zero attached hydrogens (tertiary/aromatic N) is 1. The zero-order valence-corrected chi connectivity index (χ0v) is 19.3. The van der Waals surface area contributed by atoms with Crippen LogP contribution in [-0.2, 0) is 14.3 Å². The zero-order valence-electron chi connectivity index (χ0n) is 19.3. The van der Waals surface area contributed by atoms with Crippen molar-refractivity contribution >= 4 is 18.0 Å². The third-order valence-electron chi connectivity index (χ3n) is 7.18. The summed E-state index contributed by atoms with van der Waals surface area (Å²) >= 11 is 0. The summed E-state index contributed by atoms with van der Waals surface area (Å²) in [6.45, 7) is 5.76. The summed E-state index contributed by atoms with van der Waals surface area (Å²) in [5, 5.41) is 12.2. The number of hydrogen-bond acceptors (Lipinski definition) is 4. The van der Waals surface area contributed by atoms with Crippen LogP contribution in [-0.4, -0.2) is 53.2 Å². The summed E-state index contributed by atoms with van der Waals surface area (Å²) in [5.74, 6) is -1.27. The molecule has 1 saturated heterocycles. The van der Waals surface area contributed by atoms with E-state index >= 15 is 0 Å². The first kappa shape index (κ1) is 22.8. The molecule has 0 spiro atoms. The Bertz CT molecular complexity index is 1050. The lowest BCUT2D eigenvalue weighted by atomic mass is 9.90. The molecule has 7 heteroatoms. The Morgan fingerprint density at radius 3 is 2.21 bits per heavy atom. The van der Waals surface area contributed by atoms with Gasteiger partial charge in [-0.1, -0.05) is 55.5 Å². The number of aliphatic carboxylic acids is 1. The van der Waals surface area contributed by atoms with Crippen molar-refractivity contribution in [2.75, 3.05) is 19.7 Å². The summed E-state index contributed by atoms with van der Waals surface area (Å²) < 4.78 is 5.61. The van der Waals surface area contributed by atoms with E-state index in [0.29, 0.717) is 19.4 Å². The van der Waals surface area contributed by atoms with Gasteiger partial charge in [0.05, 0.1) is 5.41 Å². The van der Waals surface area contributed by atoms with E-state index in [9.17, 15) is 19.5 Å². The molecule has 2 amide bonds. The van der Waals surface area contributed by atoms with Crippen molar-refractivity contribution in [1.82, 2.24) is 10.2 Å². The van der Waals surface area contributed by atoms with Crippen LogP contribution in [0.5, 0.6) is 0 Å². The summed E-state index contributed by atoms with van der Waals surface area (Å²) in [6.07, 6.45) is 0.0875. The van der Waals surface area contributed by atoms with Gasteiger partial charge in [0.25, 0.3) is 0 Å². The van der Waals surface area contributed by atoms with Gasteiger partial charge in [0, 0.05) is 19.0 Å². The number of fused-ring (bicyclic) bond motifs is 3. The lowest BCUT2D eigenvalue weighted by molar-refractivity contribution is -0.147. The second-order valence-electron chi connectivity index (χ2n) is 9.48. The Morgan fingerprint density at radius 1 is 1.12 bits per heavy atom. The minimum absolute atomic E-state index is 0.0680. The Morgan fingerprint density at radius 2 is 1.70 bits per heavy atom. The van der Waals surface area contributed by atoms with Crippen molar-refractivity contribution in [3.05, 3.63) is 59.7 Å². The average molecular weight is 451 g/mol. The summed E-state index contributed by atoms with van der Waals surface area (Å²) in [4.78, 5) is 39.0. The summed E-state index contributed by atoms with van der Waals surface area (Å²) in [5.41, 5.74) is 2.38. The van der Waals surface area contributed by atoms with Crippen molar-refractivity contribution in [2.24, 2.45) is 5.41 Å². The number of carboxylic acid groups (broad SMARTS) is 1. The number of rotatable bonds is 6. The second kappa shape index (κ2) is 8.54. The highest BCUT2D eigenvalue weighted by Crippen LogP contribution is 2.44. The van der Waals surface area contributed by atoms with Gasteiger partial charge in [-0.2, -0.15) is 0 Å². The van der Waals surface area contributed by atoms with Gasteiger partial charge >= 0.3 is 12.1 Å². The maximum Gasteiger partial charge on any atom is 0.408 e. The molecule has 33 heavy (non-hydrogen) atoms. The molecule has 1 fully saturated rings. The number of carboxylic acids is 1. The first-order chi connectivity index (χ1) is 15.7.